The molecule has 1 aliphatic rings. The molecule has 4 aromatic heterocycles. The maximum atomic E-state index is 15.3. The lowest BCUT2D eigenvalue weighted by atomic mass is 9.99. The lowest BCUT2D eigenvalue weighted by Gasteiger charge is -2.34. The van der Waals surface area contributed by atoms with Crippen LogP contribution in [-0.4, -0.2) is 72.9 Å². The van der Waals surface area contributed by atoms with Crippen LogP contribution in [0.2, 0.25) is 0 Å². The Morgan fingerprint density at radius 2 is 2.00 bits per heavy atom. The summed E-state index contributed by atoms with van der Waals surface area (Å²) in [4.78, 5) is 27.1. The number of hydrogen-bond donors (Lipinski definition) is 3. The first-order valence-corrected chi connectivity index (χ1v) is 13.2. The Kier molecular flexibility index (Phi) is 6.80. The van der Waals surface area contributed by atoms with E-state index in [9.17, 15) is 9.90 Å². The fraction of sp³-hybridized carbons (Fsp3) is 0.310. The Labute approximate surface area is 224 Å². The number of nitrogens with one attached hydrogen (secondary N) is 2. The van der Waals surface area contributed by atoms with E-state index in [1.807, 2.05) is 19.3 Å². The second kappa shape index (κ2) is 10.5. The van der Waals surface area contributed by atoms with Crippen molar-refractivity contribution in [3.8, 4) is 22.4 Å². The zero-order valence-electron chi connectivity index (χ0n) is 21.7. The number of rotatable bonds is 7. The van der Waals surface area contributed by atoms with Crippen molar-refractivity contribution in [3.63, 3.8) is 0 Å². The van der Waals surface area contributed by atoms with Gasteiger partial charge in [-0.05, 0) is 43.1 Å². The van der Waals surface area contributed by atoms with E-state index in [1.54, 1.807) is 41.3 Å². The molecule has 1 aromatic carbocycles. The highest BCUT2D eigenvalue weighted by Crippen LogP contribution is 2.36. The Bertz CT molecular complexity index is 1640. The van der Waals surface area contributed by atoms with Gasteiger partial charge in [0, 0.05) is 59.8 Å². The second-order valence-corrected chi connectivity index (χ2v) is 10.0. The zero-order valence-corrected chi connectivity index (χ0v) is 21.7. The van der Waals surface area contributed by atoms with Gasteiger partial charge < -0.3 is 15.4 Å². The van der Waals surface area contributed by atoms with Crippen molar-refractivity contribution in [3.05, 3.63) is 66.5 Å². The first kappa shape index (κ1) is 25.1. The molecule has 0 aliphatic carbocycles. The number of carbonyl (C=O) groups excluding carboxylic acids is 1. The number of carbonyl (C=O) groups is 1. The van der Waals surface area contributed by atoms with Crippen molar-refractivity contribution in [2.45, 2.75) is 25.3 Å². The monoisotopic (exact) mass is 527 g/mol. The van der Waals surface area contributed by atoms with Gasteiger partial charge in [-0.2, -0.15) is 5.10 Å². The van der Waals surface area contributed by atoms with Crippen LogP contribution in [-0.2, 0) is 7.05 Å². The lowest BCUT2D eigenvalue weighted by Crippen LogP contribution is -2.45. The van der Waals surface area contributed by atoms with Gasteiger partial charge in [-0.25, -0.2) is 9.37 Å². The number of H-pyrrole nitrogens is 1. The smallest absolute Gasteiger partial charge is 0.251 e. The number of likely N-dealkylation sites (tertiary alicyclic amines) is 1. The summed E-state index contributed by atoms with van der Waals surface area (Å²) in [6.45, 7) is 2.28. The van der Waals surface area contributed by atoms with Gasteiger partial charge in [0.25, 0.3) is 5.91 Å². The molecular formula is C29H30FN7O2. The van der Waals surface area contributed by atoms with Crippen LogP contribution in [0.3, 0.4) is 0 Å². The molecule has 1 atom stereocenters. The fourth-order valence-electron chi connectivity index (χ4n) is 5.49. The van der Waals surface area contributed by atoms with Crippen LogP contribution < -0.4 is 5.32 Å². The number of fused-ring (bicyclic) bond motifs is 3. The van der Waals surface area contributed by atoms with Crippen molar-refractivity contribution >= 4 is 27.8 Å². The first-order chi connectivity index (χ1) is 19.0. The molecule has 39 heavy (non-hydrogen) atoms. The number of aliphatic hydroxyl groups excluding tert-OH is 1. The summed E-state index contributed by atoms with van der Waals surface area (Å²) in [6.07, 6.45) is 9.79. The van der Waals surface area contributed by atoms with Gasteiger partial charge in [-0.1, -0.05) is 18.6 Å². The number of halogens is 1. The van der Waals surface area contributed by atoms with Crippen LogP contribution in [0, 0.1) is 5.82 Å². The van der Waals surface area contributed by atoms with Gasteiger partial charge >= 0.3 is 0 Å². The van der Waals surface area contributed by atoms with Crippen LogP contribution in [0.15, 0.2) is 55.1 Å². The molecule has 10 heteroatoms. The van der Waals surface area contributed by atoms with Crippen LogP contribution in [0.1, 0.15) is 29.6 Å². The number of aromatic amines is 1. The quantitative estimate of drug-likeness (QED) is 0.296. The number of aryl methyl sites for hydroxylation is 1. The summed E-state index contributed by atoms with van der Waals surface area (Å²) >= 11 is 0. The largest absolute Gasteiger partial charge is 0.395 e. The van der Waals surface area contributed by atoms with Gasteiger partial charge in [-0.3, -0.25) is 19.4 Å². The minimum atomic E-state index is -0.444. The van der Waals surface area contributed by atoms with Crippen molar-refractivity contribution in [1.29, 1.82) is 0 Å². The predicted molar refractivity (Wildman–Crippen MR) is 148 cm³/mol. The molecule has 0 radical (unpaired) electrons. The summed E-state index contributed by atoms with van der Waals surface area (Å²) < 4.78 is 17.0. The predicted octanol–water partition coefficient (Wildman–Crippen LogP) is 3.89. The maximum Gasteiger partial charge on any atom is 0.251 e. The second-order valence-electron chi connectivity index (χ2n) is 10.0. The Hall–Kier alpha value is -4.15. The average Bonchev–Trinajstić information content (AvgIpc) is 3.56. The number of pyridine rings is 2. The number of hydrogen-bond acceptors (Lipinski definition) is 6. The molecule has 9 nitrogen and oxygen atoms in total. The highest BCUT2D eigenvalue weighted by atomic mass is 19.1. The van der Waals surface area contributed by atoms with E-state index in [0.717, 1.165) is 48.0 Å². The third-order valence-electron chi connectivity index (χ3n) is 7.54. The van der Waals surface area contributed by atoms with Gasteiger partial charge in [0.15, 0.2) is 0 Å². The van der Waals surface area contributed by atoms with Crippen LogP contribution >= 0.6 is 0 Å². The van der Waals surface area contributed by atoms with Crippen molar-refractivity contribution in [1.82, 2.24) is 34.9 Å². The highest BCUT2D eigenvalue weighted by molar-refractivity contribution is 6.13. The van der Waals surface area contributed by atoms with Crippen LogP contribution in [0.25, 0.3) is 44.3 Å². The molecule has 3 N–H and O–H groups in total. The minimum Gasteiger partial charge on any atom is -0.395 e. The Morgan fingerprint density at radius 1 is 1.15 bits per heavy atom. The molecule has 1 fully saturated rings. The molecule has 200 valence electrons. The van der Waals surface area contributed by atoms with E-state index in [1.165, 1.54) is 6.20 Å². The molecular weight excluding hydrogens is 497 g/mol. The molecule has 0 bridgehead atoms. The summed E-state index contributed by atoms with van der Waals surface area (Å²) in [5.41, 5.74) is 4.48. The standard InChI is InChI=1S/C29H30FN7O2/c1-36-16-20(13-34-36)24-12-22-25(15-32-24)35-28-27(22)26(23(30)14-33-28)18-5-7-19(8-6-18)29(39)31-9-11-37-10-3-2-4-21(37)17-38/h5-8,12-16,21,38H,2-4,9-11,17H2,1H3,(H,31,39)(H,33,35)/t21-/m0/s1. The topological polar surface area (TPSA) is 112 Å². The molecule has 5 heterocycles. The van der Waals surface area contributed by atoms with Gasteiger partial charge in [0.2, 0.25) is 0 Å². The fourth-order valence-corrected chi connectivity index (χ4v) is 5.49. The first-order valence-electron chi connectivity index (χ1n) is 13.2. The normalized spacial score (nSPS) is 16.2. The average molecular weight is 528 g/mol. The van der Waals surface area contributed by atoms with Crippen molar-refractivity contribution in [2.75, 3.05) is 26.2 Å². The van der Waals surface area contributed by atoms with Gasteiger partial charge in [0.1, 0.15) is 11.5 Å². The number of benzene rings is 1. The molecule has 0 saturated carbocycles. The van der Waals surface area contributed by atoms with Crippen molar-refractivity contribution in [2.24, 2.45) is 7.05 Å². The maximum absolute atomic E-state index is 15.3. The van der Waals surface area contributed by atoms with Crippen LogP contribution in [0.5, 0.6) is 0 Å². The van der Waals surface area contributed by atoms with Crippen molar-refractivity contribution < 1.29 is 14.3 Å². The van der Waals surface area contributed by atoms with Crippen LogP contribution in [0.4, 0.5) is 4.39 Å². The molecule has 1 amide bonds. The van der Waals surface area contributed by atoms with E-state index in [0.29, 0.717) is 40.8 Å². The van der Waals surface area contributed by atoms with E-state index in [-0.39, 0.29) is 18.6 Å². The lowest BCUT2D eigenvalue weighted by molar-refractivity contribution is 0.0849. The number of aromatic nitrogens is 5. The Balaban J connectivity index is 1.26. The number of nitrogens with zero attached hydrogens (tertiary/aromatic N) is 5. The molecule has 0 unspecified atom stereocenters. The summed E-state index contributed by atoms with van der Waals surface area (Å²) in [5, 5.41) is 18.3. The third-order valence-corrected chi connectivity index (χ3v) is 7.54. The minimum absolute atomic E-state index is 0.145. The highest BCUT2D eigenvalue weighted by Gasteiger charge is 2.21. The third kappa shape index (κ3) is 4.88. The summed E-state index contributed by atoms with van der Waals surface area (Å²) in [6, 6.07) is 9.04. The Morgan fingerprint density at radius 3 is 2.77 bits per heavy atom. The van der Waals surface area contributed by atoms with E-state index < -0.39 is 5.82 Å². The van der Waals surface area contributed by atoms with E-state index in [4.69, 9.17) is 0 Å². The summed E-state index contributed by atoms with van der Waals surface area (Å²) in [7, 11) is 1.84. The number of piperidine rings is 1. The zero-order chi connectivity index (χ0) is 26.9. The van der Waals surface area contributed by atoms with E-state index >= 15 is 4.39 Å². The molecule has 6 rings (SSSR count). The van der Waals surface area contributed by atoms with Gasteiger partial charge in [0.05, 0.1) is 36.4 Å². The number of amides is 1. The van der Waals surface area contributed by atoms with Gasteiger partial charge in [-0.15, -0.1) is 0 Å². The molecule has 0 spiro atoms. The summed E-state index contributed by atoms with van der Waals surface area (Å²) in [5.74, 6) is -0.626. The van der Waals surface area contributed by atoms with E-state index in [2.05, 4.69) is 30.3 Å². The molecule has 5 aromatic rings. The molecule has 1 saturated heterocycles. The molecule has 1 aliphatic heterocycles. The number of aliphatic hydroxyl groups is 1. The SMILES string of the molecule is Cn1cc(-c2cc3c(cn2)[nH]c2ncc(F)c(-c4ccc(C(=O)NCCN5CCCC[C@H]5CO)cc4)c23)cn1.